The van der Waals surface area contributed by atoms with Gasteiger partial charge in [0.25, 0.3) is 5.91 Å². The summed E-state index contributed by atoms with van der Waals surface area (Å²) in [5.74, 6) is -1.85. The van der Waals surface area contributed by atoms with Gasteiger partial charge < -0.3 is 10.0 Å². The van der Waals surface area contributed by atoms with Crippen LogP contribution >= 0.6 is 0 Å². The maximum Gasteiger partial charge on any atom is 0.328 e. The molecule has 3 amide bonds. The first-order valence-electron chi connectivity index (χ1n) is 6.14. The summed E-state index contributed by atoms with van der Waals surface area (Å²) in [4.78, 5) is 37.3. The van der Waals surface area contributed by atoms with Crippen LogP contribution in [0.4, 0.5) is 4.79 Å². The van der Waals surface area contributed by atoms with E-state index in [2.05, 4.69) is 0 Å². The van der Waals surface area contributed by atoms with E-state index in [9.17, 15) is 14.4 Å². The summed E-state index contributed by atoms with van der Waals surface area (Å²) in [5, 5.41) is 17.6. The van der Waals surface area contributed by atoms with Gasteiger partial charge in [-0.05, 0) is 24.6 Å². The van der Waals surface area contributed by atoms with Crippen LogP contribution in [-0.2, 0) is 15.1 Å². The highest BCUT2D eigenvalue weighted by Crippen LogP contribution is 2.35. The number of rotatable bonds is 3. The number of hydrogen-bond acceptors (Lipinski definition) is 4. The molecule has 7 nitrogen and oxygen atoms in total. The molecule has 108 valence electrons. The quantitative estimate of drug-likeness (QED) is 0.827. The molecule has 0 bridgehead atoms. The molecule has 1 fully saturated rings. The van der Waals surface area contributed by atoms with Crippen molar-refractivity contribution in [3.05, 3.63) is 35.4 Å². The Morgan fingerprint density at radius 2 is 1.90 bits per heavy atom. The highest BCUT2D eigenvalue weighted by atomic mass is 16.4. The second-order valence-electron chi connectivity index (χ2n) is 4.89. The largest absolute Gasteiger partial charge is 0.480 e. The lowest BCUT2D eigenvalue weighted by Gasteiger charge is -2.28. The number of amides is 3. The zero-order chi connectivity index (χ0) is 15.8. The predicted octanol–water partition coefficient (Wildman–Crippen LogP) is 0.752. The number of carboxylic acids is 1. The van der Waals surface area contributed by atoms with Crippen LogP contribution in [0.2, 0.25) is 0 Å². The van der Waals surface area contributed by atoms with Crippen molar-refractivity contribution in [1.29, 1.82) is 5.26 Å². The van der Waals surface area contributed by atoms with Crippen molar-refractivity contribution >= 4 is 17.9 Å². The van der Waals surface area contributed by atoms with Crippen molar-refractivity contribution in [2.24, 2.45) is 0 Å². The number of urea groups is 1. The van der Waals surface area contributed by atoms with Crippen LogP contribution in [0.15, 0.2) is 24.3 Å². The average Bonchev–Trinajstić information content (AvgIpc) is 2.63. The highest BCUT2D eigenvalue weighted by Gasteiger charge is 2.53. The van der Waals surface area contributed by atoms with Crippen molar-refractivity contribution in [1.82, 2.24) is 9.80 Å². The number of carboxylic acid groups (broad SMARTS) is 1. The predicted molar refractivity (Wildman–Crippen MR) is 71.0 cm³/mol. The van der Waals surface area contributed by atoms with E-state index in [4.69, 9.17) is 10.4 Å². The van der Waals surface area contributed by atoms with Crippen LogP contribution in [0, 0.1) is 11.3 Å². The van der Waals surface area contributed by atoms with Crippen LogP contribution in [0.3, 0.4) is 0 Å². The van der Waals surface area contributed by atoms with Crippen molar-refractivity contribution in [2.45, 2.75) is 12.5 Å². The van der Waals surface area contributed by atoms with Crippen molar-refractivity contribution < 1.29 is 19.5 Å². The first-order chi connectivity index (χ1) is 9.82. The lowest BCUT2D eigenvalue weighted by Crippen LogP contribution is -2.42. The molecule has 1 N–H and O–H groups in total. The number of carbonyl (C=O) groups excluding carboxylic acids is 2. The summed E-state index contributed by atoms with van der Waals surface area (Å²) in [6, 6.07) is 7.58. The van der Waals surface area contributed by atoms with Gasteiger partial charge in [-0.15, -0.1) is 0 Å². The van der Waals surface area contributed by atoms with Gasteiger partial charge in [-0.1, -0.05) is 12.1 Å². The third kappa shape index (κ3) is 2.10. The maximum atomic E-state index is 12.5. The molecular weight excluding hydrogens is 274 g/mol. The molecule has 0 aliphatic carbocycles. The Morgan fingerprint density at radius 3 is 2.38 bits per heavy atom. The van der Waals surface area contributed by atoms with Crippen molar-refractivity contribution in [2.75, 3.05) is 13.6 Å². The molecule has 1 aromatic rings. The number of nitrogens with zero attached hydrogens (tertiary/aromatic N) is 3. The van der Waals surface area contributed by atoms with Gasteiger partial charge in [-0.25, -0.2) is 4.79 Å². The minimum absolute atomic E-state index is 0.434. The first-order valence-corrected chi connectivity index (χ1v) is 6.14. The number of hydrogen-bond donors (Lipinski definition) is 1. The van der Waals surface area contributed by atoms with Gasteiger partial charge in [0.15, 0.2) is 0 Å². The number of carbonyl (C=O) groups is 3. The van der Waals surface area contributed by atoms with Gasteiger partial charge in [0.05, 0.1) is 11.6 Å². The molecule has 0 spiro atoms. The van der Waals surface area contributed by atoms with E-state index in [1.54, 1.807) is 31.2 Å². The summed E-state index contributed by atoms with van der Waals surface area (Å²) in [6.45, 7) is 0.879. The van der Waals surface area contributed by atoms with Crippen molar-refractivity contribution in [3.8, 4) is 6.07 Å². The molecular formula is C14H13N3O4. The van der Waals surface area contributed by atoms with E-state index < -0.39 is 30.0 Å². The Morgan fingerprint density at radius 1 is 1.33 bits per heavy atom. The van der Waals surface area contributed by atoms with Crippen molar-refractivity contribution in [3.63, 3.8) is 0 Å². The van der Waals surface area contributed by atoms with Gasteiger partial charge in [0.1, 0.15) is 12.1 Å². The molecule has 0 saturated carbocycles. The minimum atomic E-state index is -1.28. The fourth-order valence-corrected chi connectivity index (χ4v) is 2.33. The third-order valence-corrected chi connectivity index (χ3v) is 3.72. The van der Waals surface area contributed by atoms with Gasteiger partial charge in [-0.3, -0.25) is 14.5 Å². The minimum Gasteiger partial charge on any atom is -0.480 e. The van der Waals surface area contributed by atoms with E-state index in [0.717, 1.165) is 0 Å². The Labute approximate surface area is 121 Å². The average molecular weight is 287 g/mol. The van der Waals surface area contributed by atoms with E-state index in [1.165, 1.54) is 11.9 Å². The van der Waals surface area contributed by atoms with Gasteiger partial charge in [-0.2, -0.15) is 5.26 Å². The lowest BCUT2D eigenvalue weighted by molar-refractivity contribution is -0.143. The van der Waals surface area contributed by atoms with Gasteiger partial charge >= 0.3 is 12.0 Å². The summed E-state index contributed by atoms with van der Waals surface area (Å²) in [7, 11) is 1.44. The van der Waals surface area contributed by atoms with E-state index in [1.807, 2.05) is 6.07 Å². The van der Waals surface area contributed by atoms with Crippen LogP contribution in [0.5, 0.6) is 0 Å². The topological polar surface area (TPSA) is 102 Å². The van der Waals surface area contributed by atoms with Crippen LogP contribution in [0.1, 0.15) is 18.1 Å². The fourth-order valence-electron chi connectivity index (χ4n) is 2.33. The Hall–Kier alpha value is -2.88. The summed E-state index contributed by atoms with van der Waals surface area (Å²) < 4.78 is 0. The number of likely N-dealkylation sites (N-methyl/N-ethyl adjacent to an activating group) is 1. The third-order valence-electron chi connectivity index (χ3n) is 3.72. The molecule has 1 aliphatic rings. The van der Waals surface area contributed by atoms with Crippen LogP contribution in [-0.4, -0.2) is 46.4 Å². The van der Waals surface area contributed by atoms with E-state index in [-0.39, 0.29) is 0 Å². The molecule has 1 aromatic carbocycles. The van der Waals surface area contributed by atoms with Gasteiger partial charge in [0.2, 0.25) is 0 Å². The Bertz CT molecular complexity index is 662. The molecule has 1 heterocycles. The molecule has 0 radical (unpaired) electrons. The smallest absolute Gasteiger partial charge is 0.328 e. The number of aliphatic carboxylic acids is 1. The first kappa shape index (κ1) is 14.5. The molecule has 2 rings (SSSR count). The molecule has 1 saturated heterocycles. The Kier molecular flexibility index (Phi) is 3.39. The van der Waals surface area contributed by atoms with Gasteiger partial charge in [0, 0.05) is 7.05 Å². The zero-order valence-electron chi connectivity index (χ0n) is 11.5. The molecule has 7 heteroatoms. The second kappa shape index (κ2) is 4.90. The fraction of sp³-hybridized carbons (Fsp3) is 0.286. The standard InChI is InChI=1S/C14H13N3O4/c1-14(10-5-3-9(7-15)4-6-10)12(20)17(8-11(18)19)13(21)16(14)2/h3-6H,8H2,1-2H3,(H,18,19)/t14-/m1/s1. The monoisotopic (exact) mass is 287 g/mol. The lowest BCUT2D eigenvalue weighted by atomic mass is 9.90. The molecule has 0 aromatic heterocycles. The number of imide groups is 1. The summed E-state index contributed by atoms with van der Waals surface area (Å²) in [5.41, 5.74) is -0.319. The molecule has 0 unspecified atom stereocenters. The van der Waals surface area contributed by atoms with E-state index in [0.29, 0.717) is 16.0 Å². The summed E-state index contributed by atoms with van der Waals surface area (Å²) >= 11 is 0. The normalized spacial score (nSPS) is 21.6. The molecule has 1 aliphatic heterocycles. The second-order valence-corrected chi connectivity index (χ2v) is 4.89. The summed E-state index contributed by atoms with van der Waals surface area (Å²) in [6.07, 6.45) is 0. The number of benzene rings is 1. The van der Waals surface area contributed by atoms with E-state index >= 15 is 0 Å². The number of nitriles is 1. The Balaban J connectivity index is 2.45. The molecule has 21 heavy (non-hydrogen) atoms. The SMILES string of the molecule is CN1C(=O)N(CC(=O)O)C(=O)[C@@]1(C)c1ccc(C#N)cc1. The molecule has 1 atom stereocenters. The zero-order valence-corrected chi connectivity index (χ0v) is 11.5. The maximum absolute atomic E-state index is 12.5. The highest BCUT2D eigenvalue weighted by molar-refractivity contribution is 6.08. The van der Waals surface area contributed by atoms with Crippen LogP contribution < -0.4 is 0 Å². The van der Waals surface area contributed by atoms with Crippen LogP contribution in [0.25, 0.3) is 0 Å².